The molecular weight excluding hydrogens is 398 g/mol. The normalized spacial score (nSPS) is 16.9. The molecule has 0 saturated carbocycles. The molecule has 7 heteroatoms. The van der Waals surface area contributed by atoms with Crippen LogP contribution in [0.25, 0.3) is 0 Å². The Morgan fingerprint density at radius 1 is 1.03 bits per heavy atom. The monoisotopic (exact) mass is 423 g/mol. The van der Waals surface area contributed by atoms with E-state index < -0.39 is 22.6 Å². The summed E-state index contributed by atoms with van der Waals surface area (Å²) in [5.74, 6) is -0.607. The zero-order valence-electron chi connectivity index (χ0n) is 17.0. The van der Waals surface area contributed by atoms with Gasteiger partial charge >= 0.3 is 6.18 Å². The van der Waals surface area contributed by atoms with Crippen LogP contribution in [0.5, 0.6) is 0 Å². The van der Waals surface area contributed by atoms with Crippen LogP contribution in [0.4, 0.5) is 17.6 Å². The van der Waals surface area contributed by atoms with Crippen LogP contribution in [0, 0.1) is 5.82 Å². The molecule has 0 aliphatic carbocycles. The number of benzene rings is 2. The molecule has 1 N–H and O–H groups in total. The molecule has 1 aliphatic heterocycles. The number of rotatable bonds is 5. The second-order valence-electron chi connectivity index (χ2n) is 8.35. The van der Waals surface area contributed by atoms with E-state index in [1.54, 1.807) is 32.0 Å². The number of halogens is 4. The summed E-state index contributed by atoms with van der Waals surface area (Å²) in [6, 6.07) is 11.0. The maximum absolute atomic E-state index is 13.4. The first-order valence-corrected chi connectivity index (χ1v) is 9.84. The SMILES string of the molecule is CC(C)(CNC(=O)C1(c2ccc(F)cc2)CCOCC1)c1cccc(C(F)(F)F)c1. The standard InChI is InChI=1S/C23H25F4NO2/c1-21(2,17-4-3-5-18(14-17)23(25,26)27)15-28-20(29)22(10-12-30-13-11-22)16-6-8-19(24)9-7-16/h3-9,14H,10-13,15H2,1-2H3,(H,28,29). The van der Waals surface area contributed by atoms with Gasteiger partial charge in [-0.25, -0.2) is 4.39 Å². The molecule has 3 nitrogen and oxygen atoms in total. The summed E-state index contributed by atoms with van der Waals surface area (Å²) in [6.45, 7) is 4.55. The fourth-order valence-electron chi connectivity index (χ4n) is 3.82. The van der Waals surface area contributed by atoms with Crippen LogP contribution in [0.1, 0.15) is 43.4 Å². The predicted molar refractivity (Wildman–Crippen MR) is 106 cm³/mol. The lowest BCUT2D eigenvalue weighted by Gasteiger charge is -2.37. The lowest BCUT2D eigenvalue weighted by molar-refractivity contribution is -0.137. The topological polar surface area (TPSA) is 38.3 Å². The van der Waals surface area contributed by atoms with Crippen molar-refractivity contribution < 1.29 is 27.1 Å². The van der Waals surface area contributed by atoms with Crippen LogP contribution in [0.2, 0.25) is 0 Å². The summed E-state index contributed by atoms with van der Waals surface area (Å²) in [6.07, 6.45) is -3.52. The van der Waals surface area contributed by atoms with Crippen LogP contribution >= 0.6 is 0 Å². The zero-order chi connectivity index (χ0) is 22.0. The smallest absolute Gasteiger partial charge is 0.381 e. The molecule has 0 atom stereocenters. The van der Waals surface area contributed by atoms with Gasteiger partial charge in [0.1, 0.15) is 5.82 Å². The van der Waals surface area contributed by atoms with E-state index in [0.29, 0.717) is 37.2 Å². The van der Waals surface area contributed by atoms with Crippen LogP contribution in [-0.2, 0) is 26.5 Å². The molecule has 0 aromatic heterocycles. The van der Waals surface area contributed by atoms with Gasteiger partial charge in [0, 0.05) is 25.2 Å². The first kappa shape index (κ1) is 22.3. The highest BCUT2D eigenvalue weighted by molar-refractivity contribution is 5.88. The van der Waals surface area contributed by atoms with Gasteiger partial charge in [0.15, 0.2) is 0 Å². The second kappa shape index (κ2) is 8.38. The van der Waals surface area contributed by atoms with E-state index in [9.17, 15) is 22.4 Å². The quantitative estimate of drug-likeness (QED) is 0.689. The van der Waals surface area contributed by atoms with Gasteiger partial charge in [0.25, 0.3) is 0 Å². The number of nitrogens with one attached hydrogen (secondary N) is 1. The van der Waals surface area contributed by atoms with Crippen LogP contribution in [-0.4, -0.2) is 25.7 Å². The highest BCUT2D eigenvalue weighted by Crippen LogP contribution is 2.36. The molecule has 0 spiro atoms. The van der Waals surface area contributed by atoms with Gasteiger partial charge in [-0.15, -0.1) is 0 Å². The molecule has 2 aromatic rings. The summed E-state index contributed by atoms with van der Waals surface area (Å²) in [4.78, 5) is 13.3. The summed E-state index contributed by atoms with van der Waals surface area (Å²) in [7, 11) is 0. The predicted octanol–water partition coefficient (Wildman–Crippen LogP) is 4.99. The van der Waals surface area contributed by atoms with E-state index in [0.717, 1.165) is 12.1 Å². The van der Waals surface area contributed by atoms with Gasteiger partial charge in [-0.3, -0.25) is 4.79 Å². The molecule has 162 valence electrons. The van der Waals surface area contributed by atoms with E-state index in [4.69, 9.17) is 4.74 Å². The lowest BCUT2D eigenvalue weighted by Crippen LogP contribution is -2.50. The number of hydrogen-bond acceptors (Lipinski definition) is 2. The Labute approximate surface area is 173 Å². The molecule has 1 heterocycles. The number of ether oxygens (including phenoxy) is 1. The molecule has 30 heavy (non-hydrogen) atoms. The van der Waals surface area contributed by atoms with Crippen LogP contribution in [0.15, 0.2) is 48.5 Å². The van der Waals surface area contributed by atoms with Crippen molar-refractivity contribution in [2.45, 2.75) is 43.7 Å². The lowest BCUT2D eigenvalue weighted by atomic mass is 9.73. The minimum Gasteiger partial charge on any atom is -0.381 e. The summed E-state index contributed by atoms with van der Waals surface area (Å²) < 4.78 is 58.0. The van der Waals surface area contributed by atoms with Crippen molar-refractivity contribution in [1.29, 1.82) is 0 Å². The van der Waals surface area contributed by atoms with Crippen molar-refractivity contribution in [2.24, 2.45) is 0 Å². The molecule has 1 saturated heterocycles. The molecule has 0 unspecified atom stereocenters. The molecule has 1 fully saturated rings. The first-order chi connectivity index (χ1) is 14.0. The highest BCUT2D eigenvalue weighted by atomic mass is 19.4. The minimum absolute atomic E-state index is 0.164. The third-order valence-electron chi connectivity index (χ3n) is 5.84. The first-order valence-electron chi connectivity index (χ1n) is 9.84. The van der Waals surface area contributed by atoms with Crippen molar-refractivity contribution in [1.82, 2.24) is 5.32 Å². The largest absolute Gasteiger partial charge is 0.416 e. The summed E-state index contributed by atoms with van der Waals surface area (Å²) in [5.41, 5.74) is -1.09. The van der Waals surface area contributed by atoms with Crippen LogP contribution < -0.4 is 5.32 Å². The van der Waals surface area contributed by atoms with Crippen molar-refractivity contribution in [2.75, 3.05) is 19.8 Å². The Bertz CT molecular complexity index is 885. The van der Waals surface area contributed by atoms with Gasteiger partial charge in [0.05, 0.1) is 11.0 Å². The maximum Gasteiger partial charge on any atom is 0.416 e. The third kappa shape index (κ3) is 4.67. The Balaban J connectivity index is 1.80. The highest BCUT2D eigenvalue weighted by Gasteiger charge is 2.42. The molecule has 2 aromatic carbocycles. The van der Waals surface area contributed by atoms with Crippen molar-refractivity contribution in [3.8, 4) is 0 Å². The number of hydrogen-bond donors (Lipinski definition) is 1. The van der Waals surface area contributed by atoms with Gasteiger partial charge in [0.2, 0.25) is 5.91 Å². The van der Waals surface area contributed by atoms with Gasteiger partial charge < -0.3 is 10.1 Å². The van der Waals surface area contributed by atoms with Crippen molar-refractivity contribution in [3.63, 3.8) is 0 Å². The Morgan fingerprint density at radius 2 is 1.63 bits per heavy atom. The number of carbonyl (C=O) groups excluding carboxylic acids is 1. The van der Waals surface area contributed by atoms with Gasteiger partial charge in [-0.2, -0.15) is 13.2 Å². The Kier molecular flexibility index (Phi) is 6.22. The van der Waals surface area contributed by atoms with Crippen molar-refractivity contribution in [3.05, 3.63) is 71.0 Å². The van der Waals surface area contributed by atoms with Gasteiger partial charge in [-0.05, 0) is 42.2 Å². The Morgan fingerprint density at radius 3 is 2.23 bits per heavy atom. The van der Waals surface area contributed by atoms with E-state index in [1.807, 2.05) is 0 Å². The van der Waals surface area contributed by atoms with Gasteiger partial charge in [-0.1, -0.05) is 44.2 Å². The van der Waals surface area contributed by atoms with E-state index >= 15 is 0 Å². The fourth-order valence-corrected chi connectivity index (χ4v) is 3.82. The molecular formula is C23H25F4NO2. The molecule has 0 bridgehead atoms. The maximum atomic E-state index is 13.4. The number of amides is 1. The molecule has 0 radical (unpaired) electrons. The van der Waals surface area contributed by atoms with E-state index in [-0.39, 0.29) is 18.3 Å². The third-order valence-corrected chi connectivity index (χ3v) is 5.84. The number of carbonyl (C=O) groups is 1. The summed E-state index contributed by atoms with van der Waals surface area (Å²) in [5, 5.41) is 2.93. The summed E-state index contributed by atoms with van der Waals surface area (Å²) >= 11 is 0. The zero-order valence-corrected chi connectivity index (χ0v) is 17.0. The molecule has 1 amide bonds. The minimum atomic E-state index is -4.43. The average molecular weight is 423 g/mol. The number of alkyl halides is 3. The van der Waals surface area contributed by atoms with Crippen LogP contribution in [0.3, 0.4) is 0 Å². The molecule has 3 rings (SSSR count). The second-order valence-corrected chi connectivity index (χ2v) is 8.35. The van der Waals surface area contributed by atoms with E-state index in [1.165, 1.54) is 18.2 Å². The van der Waals surface area contributed by atoms with E-state index in [2.05, 4.69) is 5.32 Å². The Hall–Kier alpha value is -2.41. The average Bonchev–Trinajstić information content (AvgIpc) is 2.72. The molecule has 1 aliphatic rings. The van der Waals surface area contributed by atoms with Crippen molar-refractivity contribution >= 4 is 5.91 Å². The fraction of sp³-hybridized carbons (Fsp3) is 0.435.